The molecule has 3 aromatic rings. The Hall–Kier alpha value is -3.32. The monoisotopic (exact) mass is 468 g/mol. The van der Waals surface area contributed by atoms with E-state index < -0.39 is 0 Å². The highest BCUT2D eigenvalue weighted by molar-refractivity contribution is 9.10. The van der Waals surface area contributed by atoms with Crippen LogP contribution in [0.4, 0.5) is 0 Å². The average Bonchev–Trinajstić information content (AvgIpc) is 2.77. The summed E-state index contributed by atoms with van der Waals surface area (Å²) in [6.45, 7) is 0.346. The van der Waals surface area contributed by atoms with Crippen LogP contribution in [-0.2, 0) is 6.61 Å². The maximum Gasteiger partial charge on any atom is 0.275 e. The molecule has 0 heterocycles. The minimum absolute atomic E-state index is 0.346. The Balaban J connectivity index is 1.66. The third-order valence-electron chi connectivity index (χ3n) is 4.20. The number of halogens is 1. The van der Waals surface area contributed by atoms with Crippen molar-refractivity contribution in [3.05, 3.63) is 87.9 Å². The Morgan fingerprint density at radius 1 is 0.967 bits per heavy atom. The van der Waals surface area contributed by atoms with E-state index >= 15 is 0 Å². The van der Waals surface area contributed by atoms with Crippen LogP contribution >= 0.6 is 15.9 Å². The minimum Gasteiger partial charge on any atom is -0.493 e. The fourth-order valence-corrected chi connectivity index (χ4v) is 3.17. The van der Waals surface area contributed by atoms with Crippen molar-refractivity contribution in [2.75, 3.05) is 14.2 Å². The van der Waals surface area contributed by atoms with Crippen molar-refractivity contribution in [1.29, 1.82) is 0 Å². The number of methoxy groups -OCH3 is 2. The lowest BCUT2D eigenvalue weighted by Crippen LogP contribution is -2.18. The van der Waals surface area contributed by atoms with Crippen LogP contribution in [0.5, 0.6) is 17.2 Å². The number of benzene rings is 3. The van der Waals surface area contributed by atoms with E-state index in [0.717, 1.165) is 15.6 Å². The summed E-state index contributed by atoms with van der Waals surface area (Å²) in [6, 6.07) is 20.2. The van der Waals surface area contributed by atoms with Crippen LogP contribution in [0.1, 0.15) is 21.5 Å². The van der Waals surface area contributed by atoms with Crippen molar-refractivity contribution in [1.82, 2.24) is 5.43 Å². The summed E-state index contributed by atoms with van der Waals surface area (Å²) in [7, 11) is 3.13. The van der Waals surface area contributed by atoms with Gasteiger partial charge < -0.3 is 14.2 Å². The van der Waals surface area contributed by atoms with Crippen LogP contribution in [0.2, 0.25) is 0 Å². The Morgan fingerprint density at radius 3 is 2.53 bits per heavy atom. The van der Waals surface area contributed by atoms with Gasteiger partial charge in [0.15, 0.2) is 11.5 Å². The lowest BCUT2D eigenvalue weighted by molar-refractivity contribution is 0.0950. The van der Waals surface area contributed by atoms with Gasteiger partial charge in [-0.2, -0.15) is 5.10 Å². The molecular weight excluding hydrogens is 448 g/mol. The molecule has 3 aromatic carbocycles. The molecule has 0 fully saturated rings. The molecule has 0 radical (unpaired) electrons. The first-order valence-corrected chi connectivity index (χ1v) is 9.91. The zero-order valence-electron chi connectivity index (χ0n) is 16.6. The zero-order valence-corrected chi connectivity index (χ0v) is 18.2. The topological polar surface area (TPSA) is 69.2 Å². The van der Waals surface area contributed by atoms with Crippen LogP contribution in [0.3, 0.4) is 0 Å². The second-order valence-electron chi connectivity index (χ2n) is 6.23. The predicted molar refractivity (Wildman–Crippen MR) is 120 cm³/mol. The van der Waals surface area contributed by atoms with Gasteiger partial charge in [-0.25, -0.2) is 5.43 Å². The van der Waals surface area contributed by atoms with E-state index in [0.29, 0.717) is 29.4 Å². The van der Waals surface area contributed by atoms with Gasteiger partial charge in [0.25, 0.3) is 5.91 Å². The molecule has 0 bridgehead atoms. The van der Waals surface area contributed by atoms with Crippen molar-refractivity contribution in [3.8, 4) is 17.2 Å². The van der Waals surface area contributed by atoms with Crippen molar-refractivity contribution in [2.45, 2.75) is 6.61 Å². The second-order valence-corrected chi connectivity index (χ2v) is 7.14. The van der Waals surface area contributed by atoms with Gasteiger partial charge in [0.05, 0.1) is 26.0 Å². The smallest absolute Gasteiger partial charge is 0.275 e. The van der Waals surface area contributed by atoms with Gasteiger partial charge >= 0.3 is 0 Å². The van der Waals surface area contributed by atoms with E-state index in [9.17, 15) is 4.79 Å². The zero-order chi connectivity index (χ0) is 21.3. The lowest BCUT2D eigenvalue weighted by Gasteiger charge is -2.11. The first-order valence-electron chi connectivity index (χ1n) is 9.12. The van der Waals surface area contributed by atoms with Gasteiger partial charge in [0.2, 0.25) is 0 Å². The molecule has 0 atom stereocenters. The lowest BCUT2D eigenvalue weighted by atomic mass is 10.2. The summed E-state index contributed by atoms with van der Waals surface area (Å²) in [5.74, 6) is 1.32. The van der Waals surface area contributed by atoms with Gasteiger partial charge in [-0.15, -0.1) is 0 Å². The molecule has 3 rings (SSSR count). The number of carbonyl (C=O) groups excluding carboxylic acids is 1. The number of amides is 1. The highest BCUT2D eigenvalue weighted by atomic mass is 79.9. The first-order chi connectivity index (χ1) is 14.6. The minimum atomic E-state index is -0.364. The van der Waals surface area contributed by atoms with E-state index in [2.05, 4.69) is 26.5 Å². The molecule has 1 amide bonds. The average molecular weight is 469 g/mol. The summed E-state index contributed by atoms with van der Waals surface area (Å²) in [4.78, 5) is 12.6. The molecule has 0 aromatic heterocycles. The van der Waals surface area contributed by atoms with Crippen LogP contribution in [-0.4, -0.2) is 26.3 Å². The Kier molecular flexibility index (Phi) is 7.45. The van der Waals surface area contributed by atoms with Gasteiger partial charge in [-0.05, 0) is 53.6 Å². The van der Waals surface area contributed by atoms with Crippen molar-refractivity contribution >= 4 is 28.1 Å². The summed E-state index contributed by atoms with van der Waals surface area (Å²) in [5, 5.41) is 4.04. The number of rotatable bonds is 8. The fourth-order valence-electron chi connectivity index (χ4n) is 2.73. The Morgan fingerprint density at radius 2 is 1.77 bits per heavy atom. The second kappa shape index (κ2) is 10.5. The van der Waals surface area contributed by atoms with E-state index in [1.807, 2.05) is 36.4 Å². The molecule has 154 valence electrons. The van der Waals surface area contributed by atoms with E-state index in [1.165, 1.54) is 6.21 Å². The van der Waals surface area contributed by atoms with Crippen molar-refractivity contribution in [2.24, 2.45) is 5.10 Å². The van der Waals surface area contributed by atoms with Crippen molar-refractivity contribution in [3.63, 3.8) is 0 Å². The van der Waals surface area contributed by atoms with E-state index in [-0.39, 0.29) is 5.91 Å². The van der Waals surface area contributed by atoms with Crippen LogP contribution in [0.25, 0.3) is 0 Å². The standard InChI is InChI=1S/C23H21BrN2O4/c1-28-21-11-10-16(13-22(21)29-2)14-25-26-23(27)19-8-3-4-9-20(19)30-15-17-6-5-7-18(24)12-17/h3-14H,15H2,1-2H3,(H,26,27). The maximum atomic E-state index is 12.6. The quantitative estimate of drug-likeness (QED) is 0.380. The summed E-state index contributed by atoms with van der Waals surface area (Å²) >= 11 is 3.44. The van der Waals surface area contributed by atoms with Gasteiger partial charge in [-0.3, -0.25) is 4.79 Å². The number of carbonyl (C=O) groups is 1. The number of nitrogens with one attached hydrogen (secondary N) is 1. The summed E-state index contributed by atoms with van der Waals surface area (Å²) < 4.78 is 17.3. The number of ether oxygens (including phenoxy) is 3. The molecule has 6 nitrogen and oxygen atoms in total. The molecule has 30 heavy (non-hydrogen) atoms. The summed E-state index contributed by atoms with van der Waals surface area (Å²) in [5.41, 5.74) is 4.68. The van der Waals surface area contributed by atoms with Gasteiger partial charge in [-0.1, -0.05) is 40.2 Å². The third kappa shape index (κ3) is 5.61. The molecular formula is C23H21BrN2O4. The van der Waals surface area contributed by atoms with E-state index in [1.54, 1.807) is 44.6 Å². The number of para-hydroxylation sites is 1. The molecule has 0 aliphatic heterocycles. The molecule has 0 aliphatic rings. The molecule has 7 heteroatoms. The predicted octanol–water partition coefficient (Wildman–Crippen LogP) is 4.81. The molecule has 0 unspecified atom stereocenters. The summed E-state index contributed by atoms with van der Waals surface area (Å²) in [6.07, 6.45) is 1.53. The highest BCUT2D eigenvalue weighted by Crippen LogP contribution is 2.27. The molecule has 1 N–H and O–H groups in total. The number of nitrogens with zero attached hydrogens (tertiary/aromatic N) is 1. The first kappa shape index (κ1) is 21.4. The van der Waals surface area contributed by atoms with Crippen molar-refractivity contribution < 1.29 is 19.0 Å². The van der Waals surface area contributed by atoms with Crippen LogP contribution in [0.15, 0.2) is 76.3 Å². The number of hydrazone groups is 1. The van der Waals surface area contributed by atoms with Gasteiger partial charge in [0, 0.05) is 4.47 Å². The fraction of sp³-hybridized carbons (Fsp3) is 0.130. The van der Waals surface area contributed by atoms with Crippen LogP contribution in [0, 0.1) is 0 Å². The largest absolute Gasteiger partial charge is 0.493 e. The Bertz CT molecular complexity index is 1050. The van der Waals surface area contributed by atoms with Gasteiger partial charge in [0.1, 0.15) is 12.4 Å². The number of hydrogen-bond donors (Lipinski definition) is 1. The SMILES string of the molecule is COc1ccc(C=NNC(=O)c2ccccc2OCc2cccc(Br)c2)cc1OC. The van der Waals surface area contributed by atoms with Crippen LogP contribution < -0.4 is 19.6 Å². The maximum absolute atomic E-state index is 12.6. The third-order valence-corrected chi connectivity index (χ3v) is 4.70. The normalized spacial score (nSPS) is 10.6. The molecule has 0 saturated heterocycles. The molecule has 0 spiro atoms. The van der Waals surface area contributed by atoms with E-state index in [4.69, 9.17) is 14.2 Å². The Labute approximate surface area is 183 Å². The molecule has 0 saturated carbocycles. The highest BCUT2D eigenvalue weighted by Gasteiger charge is 2.12. The number of hydrogen-bond acceptors (Lipinski definition) is 5. The molecule has 0 aliphatic carbocycles.